The van der Waals surface area contributed by atoms with Crippen molar-refractivity contribution in [1.29, 1.82) is 0 Å². The second-order valence-electron chi connectivity index (χ2n) is 2.51. The van der Waals surface area contributed by atoms with E-state index in [-0.39, 0.29) is 0 Å². The summed E-state index contributed by atoms with van der Waals surface area (Å²) in [5.74, 6) is 0.528. The zero-order valence-electron chi connectivity index (χ0n) is 6.36. The Balaban J connectivity index is 2.89. The maximum atomic E-state index is 5.57. The summed E-state index contributed by atoms with van der Waals surface area (Å²) in [5, 5.41) is 1.02. The molecule has 2 radical (unpaired) electrons. The number of hydrogen-bond donors (Lipinski definition) is 1. The number of nitrogens with zero attached hydrogens (tertiary/aromatic N) is 2. The molecule has 0 fully saturated rings. The van der Waals surface area contributed by atoms with Crippen molar-refractivity contribution in [2.75, 3.05) is 5.73 Å². The van der Waals surface area contributed by atoms with Crippen LogP contribution < -0.4 is 10.3 Å². The summed E-state index contributed by atoms with van der Waals surface area (Å²) in [4.78, 5) is 8.26. The quantitative estimate of drug-likeness (QED) is 0.568. The summed E-state index contributed by atoms with van der Waals surface area (Å²) in [6, 6.07) is 5.66. The Morgan fingerprint density at radius 2 is 2.25 bits per heavy atom. The molecule has 12 heavy (non-hydrogen) atoms. The number of nitrogen functional groups attached to an aromatic ring is 1. The van der Waals surface area contributed by atoms with Crippen molar-refractivity contribution < 1.29 is 0 Å². The van der Waals surface area contributed by atoms with Crippen LogP contribution in [0.3, 0.4) is 0 Å². The highest BCUT2D eigenvalue weighted by Gasteiger charge is 1.98. The standard InChI is InChI=1S/C8H6N3.Al/c9-8-4-6-2-1-3-10-7(6)5-11-8;/h1-4H,(H2,9,11);. The second-order valence-corrected chi connectivity index (χ2v) is 3.05. The smallest absolute Gasteiger partial charge is 0.213 e. The van der Waals surface area contributed by atoms with Crippen molar-refractivity contribution >= 4 is 37.6 Å². The monoisotopic (exact) mass is 171 g/mol. The van der Waals surface area contributed by atoms with Crippen molar-refractivity contribution in [2.24, 2.45) is 0 Å². The number of nitrogens with two attached hydrogens (primary N) is 1. The molecule has 0 atom stereocenters. The lowest BCUT2D eigenvalue weighted by Gasteiger charge is -2.01. The molecule has 2 heterocycles. The Labute approximate surface area is 78.1 Å². The molecule has 0 bridgehead atoms. The number of rotatable bonds is 0. The maximum absolute atomic E-state index is 5.57. The molecule has 2 aromatic rings. The van der Waals surface area contributed by atoms with Crippen molar-refractivity contribution in [3.05, 3.63) is 24.4 Å². The van der Waals surface area contributed by atoms with Gasteiger partial charge in [0, 0.05) is 11.6 Å². The van der Waals surface area contributed by atoms with Crippen LogP contribution >= 0.6 is 0 Å². The normalized spacial score (nSPS) is 10.3. The average molecular weight is 171 g/mol. The Hall–Kier alpha value is -1.11. The van der Waals surface area contributed by atoms with E-state index in [4.69, 9.17) is 5.73 Å². The topological polar surface area (TPSA) is 51.8 Å². The lowest BCUT2D eigenvalue weighted by Crippen LogP contribution is -2.12. The van der Waals surface area contributed by atoms with Crippen LogP contribution in [-0.2, 0) is 0 Å². The first-order chi connectivity index (χ1) is 5.77. The summed E-state index contributed by atoms with van der Waals surface area (Å²) in [6.45, 7) is 0. The average Bonchev–Trinajstić information content (AvgIpc) is 2.04. The zero-order valence-corrected chi connectivity index (χ0v) is 7.51. The van der Waals surface area contributed by atoms with Crippen LogP contribution in [0, 0.1) is 0 Å². The Morgan fingerprint density at radius 1 is 1.42 bits per heavy atom. The Kier molecular flexibility index (Phi) is 1.72. The van der Waals surface area contributed by atoms with Gasteiger partial charge < -0.3 is 5.73 Å². The fourth-order valence-electron chi connectivity index (χ4n) is 1.13. The lowest BCUT2D eigenvalue weighted by molar-refractivity contribution is 1.36. The van der Waals surface area contributed by atoms with Gasteiger partial charge in [0.25, 0.3) is 0 Å². The van der Waals surface area contributed by atoms with Gasteiger partial charge in [0.2, 0.25) is 16.3 Å². The Morgan fingerprint density at radius 3 is 3.08 bits per heavy atom. The van der Waals surface area contributed by atoms with Gasteiger partial charge in [-0.2, -0.15) is 0 Å². The molecule has 2 N–H and O–H groups in total. The molecule has 0 aliphatic carbocycles. The molecule has 56 valence electrons. The molecule has 0 unspecified atom stereocenters. The summed E-state index contributed by atoms with van der Waals surface area (Å²) < 4.78 is 0.797. The van der Waals surface area contributed by atoms with Crippen molar-refractivity contribution in [3.63, 3.8) is 0 Å². The molecule has 0 aliphatic heterocycles. The molecular weight excluding hydrogens is 165 g/mol. The fraction of sp³-hybridized carbons (Fsp3) is 0. The predicted octanol–water partition coefficient (Wildman–Crippen LogP) is 0.00580. The first kappa shape index (κ1) is 7.54. The molecule has 0 saturated heterocycles. The minimum Gasteiger partial charge on any atom is -0.384 e. The highest BCUT2D eigenvalue weighted by molar-refractivity contribution is 6.36. The van der Waals surface area contributed by atoms with Crippen molar-refractivity contribution in [3.8, 4) is 0 Å². The van der Waals surface area contributed by atoms with Gasteiger partial charge in [-0.15, -0.1) is 0 Å². The summed E-state index contributed by atoms with van der Waals surface area (Å²) in [5.41, 5.74) is 6.46. The van der Waals surface area contributed by atoms with E-state index in [9.17, 15) is 0 Å². The van der Waals surface area contributed by atoms with Gasteiger partial charge in [0.05, 0.1) is 5.52 Å². The molecule has 4 heteroatoms. The number of hydrogen-bond acceptors (Lipinski definition) is 3. The van der Waals surface area contributed by atoms with E-state index in [1.54, 1.807) is 6.20 Å². The van der Waals surface area contributed by atoms with Gasteiger partial charge in [-0.3, -0.25) is 9.97 Å². The van der Waals surface area contributed by atoms with E-state index < -0.39 is 0 Å². The van der Waals surface area contributed by atoms with E-state index in [1.807, 2.05) is 18.2 Å². The van der Waals surface area contributed by atoms with Crippen LogP contribution in [0.4, 0.5) is 5.82 Å². The molecule has 2 aromatic heterocycles. The van der Waals surface area contributed by atoms with Crippen LogP contribution in [0.25, 0.3) is 10.9 Å². The molecule has 0 spiro atoms. The zero-order chi connectivity index (χ0) is 8.55. The largest absolute Gasteiger partial charge is 0.384 e. The molecule has 2 rings (SSSR count). The molecule has 0 aromatic carbocycles. The molecule has 0 aliphatic rings. The summed E-state index contributed by atoms with van der Waals surface area (Å²) in [7, 11) is 0. The van der Waals surface area contributed by atoms with Gasteiger partial charge in [-0.25, -0.2) is 0 Å². The first-order valence-electron chi connectivity index (χ1n) is 3.54. The van der Waals surface area contributed by atoms with Gasteiger partial charge in [0.15, 0.2) is 0 Å². The van der Waals surface area contributed by atoms with E-state index in [0.29, 0.717) is 5.82 Å². The third-order valence-electron chi connectivity index (χ3n) is 1.63. The van der Waals surface area contributed by atoms with Crippen LogP contribution in [-0.4, -0.2) is 26.3 Å². The third-order valence-corrected chi connectivity index (χ3v) is 2.04. The molecule has 3 nitrogen and oxygen atoms in total. The second kappa shape index (κ2) is 2.74. The van der Waals surface area contributed by atoms with E-state index >= 15 is 0 Å². The minimum absolute atomic E-state index is 0.528. The third kappa shape index (κ3) is 1.16. The SMILES string of the molecule is Nc1cc2cccnc2[c]([Al])n1. The highest BCUT2D eigenvalue weighted by atomic mass is 27.0. The highest BCUT2D eigenvalue weighted by Crippen LogP contribution is 2.08. The minimum atomic E-state index is 0.528. The van der Waals surface area contributed by atoms with E-state index in [1.165, 1.54) is 0 Å². The predicted molar refractivity (Wildman–Crippen MR) is 49.3 cm³/mol. The van der Waals surface area contributed by atoms with Crippen LogP contribution in [0.2, 0.25) is 0 Å². The number of anilines is 1. The summed E-state index contributed by atoms with van der Waals surface area (Å²) in [6.07, 6.45) is 1.74. The van der Waals surface area contributed by atoms with Gasteiger partial charge in [0.1, 0.15) is 5.82 Å². The van der Waals surface area contributed by atoms with Gasteiger partial charge >= 0.3 is 0 Å². The Bertz CT molecular complexity index is 428. The lowest BCUT2D eigenvalue weighted by atomic mass is 10.2. The summed E-state index contributed by atoms with van der Waals surface area (Å²) >= 11 is 2.52. The number of fused-ring (bicyclic) bond motifs is 1. The molecule has 0 amide bonds. The van der Waals surface area contributed by atoms with Crippen LogP contribution in [0.5, 0.6) is 0 Å². The van der Waals surface area contributed by atoms with E-state index in [0.717, 1.165) is 15.5 Å². The molecular formula is C8H6AlN3. The fourth-order valence-corrected chi connectivity index (χ4v) is 1.52. The van der Waals surface area contributed by atoms with Crippen LogP contribution in [0.15, 0.2) is 24.4 Å². The van der Waals surface area contributed by atoms with Gasteiger partial charge in [-0.1, -0.05) is 6.07 Å². The van der Waals surface area contributed by atoms with Gasteiger partial charge in [-0.05, 0) is 16.7 Å². The van der Waals surface area contributed by atoms with Crippen LogP contribution in [0.1, 0.15) is 0 Å². The maximum Gasteiger partial charge on any atom is 0.213 e. The van der Waals surface area contributed by atoms with E-state index in [2.05, 4.69) is 26.3 Å². The number of pyridine rings is 2. The number of aromatic nitrogens is 2. The van der Waals surface area contributed by atoms with Crippen molar-refractivity contribution in [2.45, 2.75) is 0 Å². The van der Waals surface area contributed by atoms with Crippen molar-refractivity contribution in [1.82, 2.24) is 9.97 Å². The first-order valence-corrected chi connectivity index (χ1v) is 4.12. The molecule has 0 saturated carbocycles.